The summed E-state index contributed by atoms with van der Waals surface area (Å²) in [5.41, 5.74) is 0.988. The Kier molecular flexibility index (Phi) is 5.90. The predicted molar refractivity (Wildman–Crippen MR) is 87.7 cm³/mol. The molecule has 2 rings (SSSR count). The Labute approximate surface area is 135 Å². The van der Waals surface area contributed by atoms with Gasteiger partial charge in [0.2, 0.25) is 11.8 Å². The Balaban J connectivity index is 1.83. The van der Waals surface area contributed by atoms with E-state index in [1.165, 1.54) is 31.1 Å². The minimum Gasteiger partial charge on any atom is -0.345 e. The number of hydrogen-bond acceptors (Lipinski definition) is 5. The Bertz CT molecular complexity index is 523. The number of amides is 2. The molecule has 1 atom stereocenters. The second-order valence-electron chi connectivity index (χ2n) is 6.01. The first kappa shape index (κ1) is 16.9. The number of aromatic nitrogens is 1. The fourth-order valence-corrected chi connectivity index (χ4v) is 3.17. The zero-order chi connectivity index (χ0) is 16.1. The molecule has 0 spiro atoms. The lowest BCUT2D eigenvalue weighted by Gasteiger charge is -2.29. The first-order valence-electron chi connectivity index (χ1n) is 7.68. The van der Waals surface area contributed by atoms with Crippen molar-refractivity contribution in [2.24, 2.45) is 5.92 Å². The number of anilines is 1. The SMILES string of the molecule is CC(=O)NC(C)C(=O)Nc1nc(CN2CCC(C)CC2)cs1. The summed E-state index contributed by atoms with van der Waals surface area (Å²) < 4.78 is 0. The van der Waals surface area contributed by atoms with Gasteiger partial charge in [0, 0.05) is 18.8 Å². The van der Waals surface area contributed by atoms with Crippen molar-refractivity contribution in [2.45, 2.75) is 46.2 Å². The van der Waals surface area contributed by atoms with E-state index in [0.717, 1.165) is 31.2 Å². The number of hydrogen-bond donors (Lipinski definition) is 2. The van der Waals surface area contributed by atoms with Gasteiger partial charge in [-0.1, -0.05) is 6.92 Å². The average Bonchev–Trinajstić information content (AvgIpc) is 2.88. The second-order valence-corrected chi connectivity index (χ2v) is 6.87. The molecule has 1 aromatic heterocycles. The highest BCUT2D eigenvalue weighted by Gasteiger charge is 2.18. The third kappa shape index (κ3) is 5.06. The van der Waals surface area contributed by atoms with Crippen molar-refractivity contribution in [3.05, 3.63) is 11.1 Å². The van der Waals surface area contributed by atoms with Gasteiger partial charge in [0.15, 0.2) is 5.13 Å². The van der Waals surface area contributed by atoms with Gasteiger partial charge in [0.05, 0.1) is 5.69 Å². The predicted octanol–water partition coefficient (Wildman–Crippen LogP) is 1.84. The van der Waals surface area contributed by atoms with Gasteiger partial charge in [-0.25, -0.2) is 4.98 Å². The molecule has 7 heteroatoms. The van der Waals surface area contributed by atoms with Crippen LogP contribution >= 0.6 is 11.3 Å². The lowest BCUT2D eigenvalue weighted by molar-refractivity contribution is -0.124. The van der Waals surface area contributed by atoms with Crippen molar-refractivity contribution >= 4 is 28.3 Å². The van der Waals surface area contributed by atoms with E-state index in [2.05, 4.69) is 27.4 Å². The minimum absolute atomic E-state index is 0.221. The summed E-state index contributed by atoms with van der Waals surface area (Å²) in [6.45, 7) is 8.40. The number of piperidine rings is 1. The van der Waals surface area contributed by atoms with E-state index in [4.69, 9.17) is 0 Å². The van der Waals surface area contributed by atoms with Crippen molar-refractivity contribution in [3.63, 3.8) is 0 Å². The van der Waals surface area contributed by atoms with Gasteiger partial charge in [-0.2, -0.15) is 0 Å². The van der Waals surface area contributed by atoms with Crippen LogP contribution in [0.1, 0.15) is 39.3 Å². The third-order valence-electron chi connectivity index (χ3n) is 3.86. The number of likely N-dealkylation sites (tertiary alicyclic amines) is 1. The van der Waals surface area contributed by atoms with Gasteiger partial charge in [0.25, 0.3) is 0 Å². The number of nitrogens with zero attached hydrogens (tertiary/aromatic N) is 2. The van der Waals surface area contributed by atoms with Crippen LogP contribution in [0.2, 0.25) is 0 Å². The van der Waals surface area contributed by atoms with Crippen LogP contribution in [0.15, 0.2) is 5.38 Å². The Morgan fingerprint density at radius 2 is 2.14 bits per heavy atom. The van der Waals surface area contributed by atoms with E-state index in [0.29, 0.717) is 5.13 Å². The van der Waals surface area contributed by atoms with Crippen LogP contribution in [0.3, 0.4) is 0 Å². The number of rotatable bonds is 5. The maximum Gasteiger partial charge on any atom is 0.248 e. The zero-order valence-corrected chi connectivity index (χ0v) is 14.2. The van der Waals surface area contributed by atoms with Gasteiger partial charge < -0.3 is 10.6 Å². The lowest BCUT2D eigenvalue weighted by atomic mass is 9.99. The maximum atomic E-state index is 11.9. The normalized spacial score (nSPS) is 18.0. The smallest absolute Gasteiger partial charge is 0.248 e. The van der Waals surface area contributed by atoms with Gasteiger partial charge in [0.1, 0.15) is 6.04 Å². The van der Waals surface area contributed by atoms with Crippen LogP contribution < -0.4 is 10.6 Å². The highest BCUT2D eigenvalue weighted by molar-refractivity contribution is 7.13. The highest BCUT2D eigenvalue weighted by Crippen LogP contribution is 2.21. The molecule has 0 radical (unpaired) electrons. The van der Waals surface area contributed by atoms with E-state index in [1.54, 1.807) is 6.92 Å². The second kappa shape index (κ2) is 7.69. The number of carbonyl (C=O) groups excluding carboxylic acids is 2. The molecular weight excluding hydrogens is 300 g/mol. The van der Waals surface area contributed by atoms with Crippen molar-refractivity contribution in [1.82, 2.24) is 15.2 Å². The van der Waals surface area contributed by atoms with Crippen LogP contribution in [0, 0.1) is 5.92 Å². The summed E-state index contributed by atoms with van der Waals surface area (Å²) in [6, 6.07) is -0.562. The van der Waals surface area contributed by atoms with Crippen LogP contribution in [0.4, 0.5) is 5.13 Å². The van der Waals surface area contributed by atoms with Crippen molar-refractivity contribution in [1.29, 1.82) is 0 Å². The molecule has 1 fully saturated rings. The summed E-state index contributed by atoms with van der Waals surface area (Å²) >= 11 is 1.42. The van der Waals surface area contributed by atoms with E-state index >= 15 is 0 Å². The van der Waals surface area contributed by atoms with Gasteiger partial charge in [-0.05, 0) is 38.8 Å². The Hall–Kier alpha value is -1.47. The molecule has 1 aliphatic rings. The molecule has 2 N–H and O–H groups in total. The zero-order valence-electron chi connectivity index (χ0n) is 13.4. The number of carbonyl (C=O) groups is 2. The molecule has 0 saturated carbocycles. The van der Waals surface area contributed by atoms with Crippen LogP contribution in [-0.2, 0) is 16.1 Å². The molecule has 1 unspecified atom stereocenters. The van der Waals surface area contributed by atoms with Gasteiger partial charge in [-0.15, -0.1) is 11.3 Å². The van der Waals surface area contributed by atoms with Crippen molar-refractivity contribution in [3.8, 4) is 0 Å². The highest BCUT2D eigenvalue weighted by atomic mass is 32.1. The van der Waals surface area contributed by atoms with E-state index in [9.17, 15) is 9.59 Å². The fraction of sp³-hybridized carbons (Fsp3) is 0.667. The first-order chi connectivity index (χ1) is 10.4. The molecule has 0 aliphatic carbocycles. The third-order valence-corrected chi connectivity index (χ3v) is 4.66. The van der Waals surface area contributed by atoms with Crippen LogP contribution in [-0.4, -0.2) is 40.8 Å². The van der Waals surface area contributed by atoms with Crippen LogP contribution in [0.25, 0.3) is 0 Å². The molecule has 0 bridgehead atoms. The molecule has 1 saturated heterocycles. The summed E-state index contributed by atoms with van der Waals surface area (Å²) in [7, 11) is 0. The summed E-state index contributed by atoms with van der Waals surface area (Å²) in [5.74, 6) is 0.349. The molecule has 22 heavy (non-hydrogen) atoms. The number of nitrogens with one attached hydrogen (secondary N) is 2. The maximum absolute atomic E-state index is 11.9. The quantitative estimate of drug-likeness (QED) is 0.867. The molecule has 122 valence electrons. The van der Waals surface area contributed by atoms with E-state index < -0.39 is 6.04 Å². The Morgan fingerprint density at radius 1 is 1.45 bits per heavy atom. The first-order valence-corrected chi connectivity index (χ1v) is 8.56. The summed E-state index contributed by atoms with van der Waals surface area (Å²) in [4.78, 5) is 29.7. The standard InChI is InChI=1S/C15H24N4O2S/c1-10-4-6-19(7-5-10)8-13-9-22-15(17-13)18-14(21)11(2)16-12(3)20/h9-11H,4-8H2,1-3H3,(H,16,20)(H,17,18,21). The summed E-state index contributed by atoms with van der Waals surface area (Å²) in [6.07, 6.45) is 2.48. The molecule has 6 nitrogen and oxygen atoms in total. The average molecular weight is 324 g/mol. The minimum atomic E-state index is -0.562. The molecule has 1 aliphatic heterocycles. The van der Waals surface area contributed by atoms with Gasteiger partial charge >= 0.3 is 0 Å². The van der Waals surface area contributed by atoms with Gasteiger partial charge in [-0.3, -0.25) is 14.5 Å². The van der Waals surface area contributed by atoms with Crippen molar-refractivity contribution < 1.29 is 9.59 Å². The largest absolute Gasteiger partial charge is 0.345 e. The van der Waals surface area contributed by atoms with E-state index in [1.807, 2.05) is 5.38 Å². The van der Waals surface area contributed by atoms with E-state index in [-0.39, 0.29) is 11.8 Å². The molecule has 2 heterocycles. The molecule has 0 aromatic carbocycles. The fourth-order valence-electron chi connectivity index (χ4n) is 2.47. The Morgan fingerprint density at radius 3 is 2.77 bits per heavy atom. The molecule has 2 amide bonds. The van der Waals surface area contributed by atoms with Crippen molar-refractivity contribution in [2.75, 3.05) is 18.4 Å². The van der Waals surface area contributed by atoms with Crippen LogP contribution in [0.5, 0.6) is 0 Å². The lowest BCUT2D eigenvalue weighted by Crippen LogP contribution is -2.40. The number of thiazole rings is 1. The molecule has 1 aromatic rings. The topological polar surface area (TPSA) is 74.3 Å². The molecular formula is C15H24N4O2S. The summed E-state index contributed by atoms with van der Waals surface area (Å²) in [5, 5.41) is 7.87. The monoisotopic (exact) mass is 324 g/mol.